The Hall–Kier alpha value is -12.6. The number of hydrogen-bond acceptors (Lipinski definition) is 9. The molecule has 9 heterocycles. The largest absolute Gasteiger partial charge is 0.256 e. The highest BCUT2D eigenvalue weighted by molar-refractivity contribution is 6.21. The molecule has 0 unspecified atom stereocenters. The molecule has 0 atom stereocenters. The minimum atomic E-state index is 0.857. The highest BCUT2D eigenvalue weighted by atomic mass is 14.8. The van der Waals surface area contributed by atoms with Gasteiger partial charge in [0.1, 0.15) is 0 Å². The smallest absolute Gasteiger partial charge is 0.0978 e. The molecule has 0 aliphatic heterocycles. The summed E-state index contributed by atoms with van der Waals surface area (Å²) in [5.74, 6) is 0. The first kappa shape index (κ1) is 52.5. The summed E-state index contributed by atoms with van der Waals surface area (Å²) in [7, 11) is 0. The Morgan fingerprint density at radius 3 is 1.24 bits per heavy atom. The van der Waals surface area contributed by atoms with E-state index in [0.29, 0.717) is 0 Å². The van der Waals surface area contributed by atoms with Gasteiger partial charge in [0.2, 0.25) is 0 Å². The molecule has 0 N–H and O–H groups in total. The van der Waals surface area contributed by atoms with E-state index < -0.39 is 0 Å². The maximum absolute atomic E-state index is 5.10. The molecule has 0 saturated carbocycles. The lowest BCUT2D eigenvalue weighted by molar-refractivity contribution is 1.28. The van der Waals surface area contributed by atoms with Gasteiger partial charge in [0, 0.05) is 96.2 Å². The van der Waals surface area contributed by atoms with Crippen molar-refractivity contribution in [2.24, 2.45) is 0 Å². The molecule has 0 aliphatic carbocycles. The molecule has 19 aromatic rings. The molecule has 0 aliphatic rings. The molecule has 9 nitrogen and oxygen atoms in total. The summed E-state index contributed by atoms with van der Waals surface area (Å²) in [6.45, 7) is 0. The third-order valence-electron chi connectivity index (χ3n) is 17.9. The lowest BCUT2D eigenvalue weighted by Gasteiger charge is -2.16. The highest BCUT2D eigenvalue weighted by Crippen LogP contribution is 2.44. The predicted octanol–water partition coefficient (Wildman–Crippen LogP) is 20.6. The summed E-state index contributed by atoms with van der Waals surface area (Å²) in [6.07, 6.45) is 9.16. The first-order valence-corrected chi connectivity index (χ1v) is 30.7. The molecule has 0 radical (unpaired) electrons. The van der Waals surface area contributed by atoms with Crippen LogP contribution in [0.1, 0.15) is 0 Å². The third kappa shape index (κ3) is 8.97. The number of para-hydroxylation sites is 2. The highest BCUT2D eigenvalue weighted by Gasteiger charge is 2.20. The second-order valence-corrected chi connectivity index (χ2v) is 23.2. The Morgan fingerprint density at radius 2 is 0.620 bits per heavy atom. The van der Waals surface area contributed by atoms with E-state index in [-0.39, 0.29) is 0 Å². The van der Waals surface area contributed by atoms with Crippen LogP contribution in [0.2, 0.25) is 0 Å². The zero-order valence-electron chi connectivity index (χ0n) is 49.3. The van der Waals surface area contributed by atoms with Gasteiger partial charge in [-0.1, -0.05) is 176 Å². The van der Waals surface area contributed by atoms with Crippen molar-refractivity contribution in [1.29, 1.82) is 0 Å². The Bertz CT molecular complexity index is 6220. The van der Waals surface area contributed by atoms with Gasteiger partial charge < -0.3 is 0 Å². The van der Waals surface area contributed by atoms with Crippen LogP contribution in [0.3, 0.4) is 0 Å². The molecule has 19 rings (SSSR count). The summed E-state index contributed by atoms with van der Waals surface area (Å²) < 4.78 is 0. The Morgan fingerprint density at radius 1 is 0.185 bits per heavy atom. The normalized spacial score (nSPS) is 11.7. The van der Waals surface area contributed by atoms with E-state index in [1.54, 1.807) is 12.4 Å². The van der Waals surface area contributed by atoms with Crippen molar-refractivity contribution >= 4 is 120 Å². The lowest BCUT2D eigenvalue weighted by atomic mass is 9.90. The van der Waals surface area contributed by atoms with Crippen molar-refractivity contribution in [3.05, 3.63) is 298 Å². The average molecular weight is 1170 g/mol. The fraction of sp³-hybridized carbons (Fsp3) is 0. The predicted molar refractivity (Wildman–Crippen MR) is 378 cm³/mol. The van der Waals surface area contributed by atoms with E-state index in [1.807, 2.05) is 91.4 Å². The Kier molecular flexibility index (Phi) is 12.3. The van der Waals surface area contributed by atoms with Gasteiger partial charge in [-0.05, 0) is 140 Å². The van der Waals surface area contributed by atoms with E-state index >= 15 is 0 Å². The quantitative estimate of drug-likeness (QED) is 0.119. The summed E-state index contributed by atoms with van der Waals surface area (Å²) in [4.78, 5) is 43.5. The second-order valence-electron chi connectivity index (χ2n) is 23.2. The van der Waals surface area contributed by atoms with Crippen LogP contribution in [0.5, 0.6) is 0 Å². The average Bonchev–Trinajstić information content (AvgIpc) is 0.794. The van der Waals surface area contributed by atoms with Gasteiger partial charge in [-0.15, -0.1) is 0 Å². The molecule has 0 bridgehead atoms. The van der Waals surface area contributed by atoms with Gasteiger partial charge in [-0.3, -0.25) is 24.9 Å². The van der Waals surface area contributed by atoms with Crippen LogP contribution in [-0.4, -0.2) is 44.9 Å². The van der Waals surface area contributed by atoms with Gasteiger partial charge in [-0.25, -0.2) is 19.9 Å². The van der Waals surface area contributed by atoms with Gasteiger partial charge in [-0.2, -0.15) is 0 Å². The van der Waals surface area contributed by atoms with E-state index in [1.165, 1.54) is 38.2 Å². The molecule has 0 fully saturated rings. The molecule has 10 aromatic carbocycles. The fourth-order valence-corrected chi connectivity index (χ4v) is 13.5. The van der Waals surface area contributed by atoms with Crippen LogP contribution in [0, 0.1) is 0 Å². The van der Waals surface area contributed by atoms with Crippen molar-refractivity contribution < 1.29 is 0 Å². The van der Waals surface area contributed by atoms with Gasteiger partial charge in [0.25, 0.3) is 0 Å². The molecule has 92 heavy (non-hydrogen) atoms. The van der Waals surface area contributed by atoms with Crippen molar-refractivity contribution in [3.63, 3.8) is 0 Å². The van der Waals surface area contributed by atoms with E-state index in [4.69, 9.17) is 34.9 Å². The Labute approximate surface area is 526 Å². The zero-order chi connectivity index (χ0) is 60.6. The number of aromatic nitrogens is 9. The molecule has 9 aromatic heterocycles. The SMILES string of the molecule is c1ccc(-c2ccc3ccc(-c4ccc(-c5c6ccccc6nc6c5ccc5cccnc56)c5ncccc45)cc3n2)nc1.c1ccc(-c2ccc3ccc(-c4ccc5c(ccc6cc(-c7c8ccccc8nc8c7ccc7cccnc78)ccc65)c4)cc3n2)nc1. The van der Waals surface area contributed by atoms with Crippen LogP contribution in [0.4, 0.5) is 0 Å². The molecular weight excluding hydrogens is 1120 g/mol. The van der Waals surface area contributed by atoms with Crippen molar-refractivity contribution in [1.82, 2.24) is 44.9 Å². The molecule has 426 valence electrons. The zero-order valence-corrected chi connectivity index (χ0v) is 49.3. The molecule has 0 spiro atoms. The van der Waals surface area contributed by atoms with Crippen LogP contribution in [0.25, 0.3) is 187 Å². The minimum absolute atomic E-state index is 0.857. The first-order chi connectivity index (χ1) is 45.6. The van der Waals surface area contributed by atoms with Crippen molar-refractivity contribution in [3.8, 4) is 67.3 Å². The second kappa shape index (κ2) is 21.6. The summed E-state index contributed by atoms with van der Waals surface area (Å²) in [6, 6.07) is 93.3. The van der Waals surface area contributed by atoms with Gasteiger partial charge >= 0.3 is 0 Å². The maximum atomic E-state index is 5.10. The number of pyridine rings is 9. The molecule has 0 amide bonds. The van der Waals surface area contributed by atoms with Crippen LogP contribution in [-0.2, 0) is 0 Å². The van der Waals surface area contributed by atoms with E-state index in [9.17, 15) is 0 Å². The number of fused-ring (bicyclic) bond motifs is 14. The lowest BCUT2D eigenvalue weighted by Crippen LogP contribution is -1.94. The number of benzene rings is 10. The van der Waals surface area contributed by atoms with Gasteiger partial charge in [0.15, 0.2) is 0 Å². The molecule has 0 saturated heterocycles. The van der Waals surface area contributed by atoms with Crippen molar-refractivity contribution in [2.75, 3.05) is 0 Å². The Balaban J connectivity index is 0.000000136. The summed E-state index contributed by atoms with van der Waals surface area (Å²) >= 11 is 0. The molecule has 9 heteroatoms. The third-order valence-corrected chi connectivity index (χ3v) is 17.9. The summed E-state index contributed by atoms with van der Waals surface area (Å²) in [5.41, 5.74) is 20.9. The van der Waals surface area contributed by atoms with Crippen LogP contribution < -0.4 is 0 Å². The van der Waals surface area contributed by atoms with E-state index in [2.05, 4.69) is 204 Å². The first-order valence-electron chi connectivity index (χ1n) is 30.7. The van der Waals surface area contributed by atoms with Crippen LogP contribution >= 0.6 is 0 Å². The monoisotopic (exact) mass is 1170 g/mol. The standard InChI is InChI=1S/C44H26N4.C39H23N5/c1-2-8-38-36(7-1)42(37-20-14-28-6-5-23-46-43(28)44(37)48-38)33-16-19-35-32(25-33)13-12-31-24-29(15-18-34(31)35)30-11-10-27-17-21-40(47-41(27)26-30)39-9-3-4-22-45-39;1-2-10-32-29(8-1)36(31-16-14-25-7-5-21-41-37(25)39(31)44-32)30-18-17-27(28-9-6-22-42-38(28)30)26-13-12-24-15-19-34(43-35(24)23-26)33-11-3-4-20-40-33/h1-26H;1-23H. The van der Waals surface area contributed by atoms with Crippen LogP contribution in [0.15, 0.2) is 298 Å². The maximum Gasteiger partial charge on any atom is 0.0978 e. The summed E-state index contributed by atoms with van der Waals surface area (Å²) in [5, 5.41) is 14.7. The number of hydrogen-bond donors (Lipinski definition) is 0. The molecular formula is C83H49N9. The topological polar surface area (TPSA) is 116 Å². The minimum Gasteiger partial charge on any atom is -0.256 e. The number of rotatable bonds is 6. The van der Waals surface area contributed by atoms with Gasteiger partial charge in [0.05, 0.1) is 72.4 Å². The fourth-order valence-electron chi connectivity index (χ4n) is 13.5. The van der Waals surface area contributed by atoms with E-state index in [0.717, 1.165) is 149 Å². The van der Waals surface area contributed by atoms with Crippen molar-refractivity contribution in [2.45, 2.75) is 0 Å². The number of nitrogens with zero attached hydrogens (tertiary/aromatic N) is 9.